The Labute approximate surface area is 133 Å². The number of nitrogens with one attached hydrogen (secondary N) is 1. The van der Waals surface area contributed by atoms with Crippen LogP contribution in [0.2, 0.25) is 0 Å². The molecule has 0 fully saturated rings. The fourth-order valence-corrected chi connectivity index (χ4v) is 2.30. The van der Waals surface area contributed by atoms with Gasteiger partial charge in [-0.3, -0.25) is 4.79 Å². The van der Waals surface area contributed by atoms with Crippen LogP contribution >= 0.6 is 0 Å². The molecular formula is C15H14N2O5S. The molecule has 0 radical (unpaired) electrons. The van der Waals surface area contributed by atoms with Crippen molar-refractivity contribution in [3.8, 4) is 0 Å². The predicted octanol–water partition coefficient (Wildman–Crippen LogP) is 1.13. The number of carbonyl (C=O) groups is 2. The minimum atomic E-state index is -3.86. The molecule has 0 bridgehead atoms. The molecule has 0 saturated heterocycles. The largest absolute Gasteiger partial charge is 0.452 e. The van der Waals surface area contributed by atoms with Gasteiger partial charge in [0.25, 0.3) is 5.91 Å². The SMILES string of the molecule is NS(=O)(=O)c1cccc(NC(=O)COC(=O)c2ccccc2)c1. The van der Waals surface area contributed by atoms with E-state index in [1.807, 2.05) is 0 Å². The van der Waals surface area contributed by atoms with E-state index in [9.17, 15) is 18.0 Å². The molecule has 2 aromatic rings. The van der Waals surface area contributed by atoms with Crippen LogP contribution in [0.15, 0.2) is 59.5 Å². The van der Waals surface area contributed by atoms with Gasteiger partial charge in [0.2, 0.25) is 10.0 Å². The Morgan fingerprint density at radius 1 is 1.04 bits per heavy atom. The Bertz CT molecular complexity index is 819. The van der Waals surface area contributed by atoms with Gasteiger partial charge in [-0.25, -0.2) is 18.4 Å². The van der Waals surface area contributed by atoms with E-state index in [4.69, 9.17) is 9.88 Å². The van der Waals surface area contributed by atoms with Crippen molar-refractivity contribution in [1.29, 1.82) is 0 Å². The second-order valence-electron chi connectivity index (χ2n) is 4.56. The highest BCUT2D eigenvalue weighted by molar-refractivity contribution is 7.89. The molecule has 0 aliphatic rings. The second kappa shape index (κ2) is 7.03. The summed E-state index contributed by atoms with van der Waals surface area (Å²) in [5.74, 6) is -1.22. The molecule has 1 amide bonds. The fourth-order valence-electron chi connectivity index (χ4n) is 1.74. The van der Waals surface area contributed by atoms with Crippen LogP contribution in [0.5, 0.6) is 0 Å². The summed E-state index contributed by atoms with van der Waals surface area (Å²) in [5, 5.41) is 7.43. The van der Waals surface area contributed by atoms with E-state index in [2.05, 4.69) is 5.32 Å². The van der Waals surface area contributed by atoms with Gasteiger partial charge in [-0.1, -0.05) is 24.3 Å². The van der Waals surface area contributed by atoms with Crippen molar-refractivity contribution in [3.05, 3.63) is 60.2 Å². The Morgan fingerprint density at radius 3 is 2.39 bits per heavy atom. The first-order valence-corrected chi connectivity index (χ1v) is 8.06. The highest BCUT2D eigenvalue weighted by Gasteiger charge is 2.12. The smallest absolute Gasteiger partial charge is 0.338 e. The third kappa shape index (κ3) is 4.90. The Morgan fingerprint density at radius 2 is 1.74 bits per heavy atom. The van der Waals surface area contributed by atoms with Crippen molar-refractivity contribution < 1.29 is 22.7 Å². The monoisotopic (exact) mass is 334 g/mol. The van der Waals surface area contributed by atoms with Crippen molar-refractivity contribution in [2.45, 2.75) is 4.90 Å². The molecule has 0 aromatic heterocycles. The molecule has 0 unspecified atom stereocenters. The molecule has 0 saturated carbocycles. The van der Waals surface area contributed by atoms with E-state index in [0.717, 1.165) is 0 Å². The van der Waals surface area contributed by atoms with Crippen LogP contribution in [0.3, 0.4) is 0 Å². The van der Waals surface area contributed by atoms with Gasteiger partial charge in [0.1, 0.15) is 0 Å². The zero-order valence-corrected chi connectivity index (χ0v) is 12.7. The number of primary sulfonamides is 1. The first-order valence-electron chi connectivity index (χ1n) is 6.51. The Balaban J connectivity index is 1.94. The summed E-state index contributed by atoms with van der Waals surface area (Å²) in [6, 6.07) is 13.7. The average molecular weight is 334 g/mol. The highest BCUT2D eigenvalue weighted by atomic mass is 32.2. The van der Waals surface area contributed by atoms with Crippen LogP contribution in [0.1, 0.15) is 10.4 Å². The summed E-state index contributed by atoms with van der Waals surface area (Å²) in [7, 11) is -3.86. The number of hydrogen-bond donors (Lipinski definition) is 2. The second-order valence-corrected chi connectivity index (χ2v) is 6.12. The van der Waals surface area contributed by atoms with Crippen LogP contribution in [-0.2, 0) is 19.6 Å². The molecule has 7 nitrogen and oxygen atoms in total. The van der Waals surface area contributed by atoms with Crippen molar-refractivity contribution >= 4 is 27.6 Å². The Kier molecular flexibility index (Phi) is 5.09. The van der Waals surface area contributed by atoms with E-state index in [0.29, 0.717) is 5.56 Å². The molecule has 8 heteroatoms. The van der Waals surface area contributed by atoms with Crippen molar-refractivity contribution in [3.63, 3.8) is 0 Å². The van der Waals surface area contributed by atoms with Gasteiger partial charge in [0.15, 0.2) is 6.61 Å². The van der Waals surface area contributed by atoms with Crippen LogP contribution in [0, 0.1) is 0 Å². The maximum absolute atomic E-state index is 11.7. The highest BCUT2D eigenvalue weighted by Crippen LogP contribution is 2.14. The molecular weight excluding hydrogens is 320 g/mol. The molecule has 3 N–H and O–H groups in total. The third-order valence-electron chi connectivity index (χ3n) is 2.79. The van der Waals surface area contributed by atoms with E-state index in [1.165, 1.54) is 24.3 Å². The first-order chi connectivity index (χ1) is 10.9. The molecule has 2 rings (SSSR count). The normalized spacial score (nSPS) is 10.8. The lowest BCUT2D eigenvalue weighted by Gasteiger charge is -2.07. The summed E-state index contributed by atoms with van der Waals surface area (Å²) in [4.78, 5) is 23.3. The number of esters is 1. The number of sulfonamides is 1. The van der Waals surface area contributed by atoms with Crippen LogP contribution in [0.4, 0.5) is 5.69 Å². The van der Waals surface area contributed by atoms with E-state index in [-0.39, 0.29) is 10.6 Å². The van der Waals surface area contributed by atoms with Gasteiger partial charge in [-0.2, -0.15) is 0 Å². The number of benzene rings is 2. The van der Waals surface area contributed by atoms with Gasteiger partial charge in [0, 0.05) is 5.69 Å². The minimum absolute atomic E-state index is 0.128. The van der Waals surface area contributed by atoms with E-state index < -0.39 is 28.5 Å². The maximum Gasteiger partial charge on any atom is 0.338 e. The molecule has 0 spiro atoms. The summed E-state index contributed by atoms with van der Waals surface area (Å²) in [5.41, 5.74) is 0.564. The number of amides is 1. The number of anilines is 1. The van der Waals surface area contributed by atoms with Crippen LogP contribution < -0.4 is 10.5 Å². The molecule has 0 atom stereocenters. The van der Waals surface area contributed by atoms with Crippen LogP contribution in [-0.4, -0.2) is 26.9 Å². The minimum Gasteiger partial charge on any atom is -0.452 e. The summed E-state index contributed by atoms with van der Waals surface area (Å²) >= 11 is 0. The van der Waals surface area contributed by atoms with Gasteiger partial charge in [-0.05, 0) is 30.3 Å². The summed E-state index contributed by atoms with van der Waals surface area (Å²) in [6.07, 6.45) is 0. The quantitative estimate of drug-likeness (QED) is 0.795. The topological polar surface area (TPSA) is 116 Å². The van der Waals surface area contributed by atoms with Crippen LogP contribution in [0.25, 0.3) is 0 Å². The summed E-state index contributed by atoms with van der Waals surface area (Å²) in [6.45, 7) is -0.493. The van der Waals surface area contributed by atoms with Crippen molar-refractivity contribution in [2.24, 2.45) is 5.14 Å². The van der Waals surface area contributed by atoms with Gasteiger partial charge >= 0.3 is 5.97 Å². The number of hydrogen-bond acceptors (Lipinski definition) is 5. The standard InChI is InChI=1S/C15H14N2O5S/c16-23(20,21)13-8-4-7-12(9-13)17-14(18)10-22-15(19)11-5-2-1-3-6-11/h1-9H,10H2,(H,17,18)(H2,16,20,21). The van der Waals surface area contributed by atoms with E-state index in [1.54, 1.807) is 30.3 Å². The Hall–Kier alpha value is -2.71. The zero-order chi connectivity index (χ0) is 16.9. The number of nitrogens with two attached hydrogens (primary N) is 1. The van der Waals surface area contributed by atoms with Crippen molar-refractivity contribution in [1.82, 2.24) is 0 Å². The molecule has 0 aliphatic carbocycles. The summed E-state index contributed by atoms with van der Waals surface area (Å²) < 4.78 is 27.3. The third-order valence-corrected chi connectivity index (χ3v) is 3.70. The molecule has 120 valence electrons. The molecule has 0 aliphatic heterocycles. The molecule has 23 heavy (non-hydrogen) atoms. The van der Waals surface area contributed by atoms with E-state index >= 15 is 0 Å². The fraction of sp³-hybridized carbons (Fsp3) is 0.0667. The van der Waals surface area contributed by atoms with Crippen molar-refractivity contribution in [2.75, 3.05) is 11.9 Å². The lowest BCUT2D eigenvalue weighted by atomic mass is 10.2. The number of ether oxygens (including phenoxy) is 1. The number of carbonyl (C=O) groups excluding carboxylic acids is 2. The average Bonchev–Trinajstić information content (AvgIpc) is 2.53. The van der Waals surface area contributed by atoms with Gasteiger partial charge in [0.05, 0.1) is 10.5 Å². The zero-order valence-electron chi connectivity index (χ0n) is 11.9. The lowest BCUT2D eigenvalue weighted by molar-refractivity contribution is -0.119. The lowest BCUT2D eigenvalue weighted by Crippen LogP contribution is -2.21. The first kappa shape index (κ1) is 16.7. The number of rotatable bonds is 5. The predicted molar refractivity (Wildman–Crippen MR) is 83.2 cm³/mol. The molecule has 2 aromatic carbocycles. The molecule has 0 heterocycles. The van der Waals surface area contributed by atoms with Gasteiger partial charge in [-0.15, -0.1) is 0 Å². The maximum atomic E-state index is 11.7. The van der Waals surface area contributed by atoms with Gasteiger partial charge < -0.3 is 10.1 Å².